The van der Waals surface area contributed by atoms with Gasteiger partial charge < -0.3 is 11.1 Å². The summed E-state index contributed by atoms with van der Waals surface area (Å²) in [6, 6.07) is 5.73. The Morgan fingerprint density at radius 2 is 2.22 bits per heavy atom. The van der Waals surface area contributed by atoms with Crippen LogP contribution in [0.5, 0.6) is 0 Å². The first-order valence-corrected chi connectivity index (χ1v) is 5.60. The molecule has 0 radical (unpaired) electrons. The Balaban J connectivity index is 2.17. The van der Waals surface area contributed by atoms with Crippen molar-refractivity contribution in [3.8, 4) is 0 Å². The predicted octanol–water partition coefficient (Wildman–Crippen LogP) is 1.77. The molecule has 3 N–H and O–H groups in total. The summed E-state index contributed by atoms with van der Waals surface area (Å²) in [4.78, 5) is 11.8. The summed E-state index contributed by atoms with van der Waals surface area (Å²) in [6.45, 7) is 4.09. The van der Waals surface area contributed by atoms with E-state index >= 15 is 0 Å². The second-order valence-electron chi connectivity index (χ2n) is 3.95. The van der Waals surface area contributed by atoms with Crippen LogP contribution in [0.25, 0.3) is 0 Å². The molecule has 0 aliphatic rings. The molecule has 0 aliphatic carbocycles. The summed E-state index contributed by atoms with van der Waals surface area (Å²) >= 11 is 0. The van der Waals surface area contributed by atoms with E-state index in [2.05, 4.69) is 27.2 Å². The SMILES string of the molecule is CCc1ccc(NC(=O)c2nonc2N)cc1C. The molecule has 0 spiro atoms. The number of benzene rings is 1. The van der Waals surface area contributed by atoms with Gasteiger partial charge >= 0.3 is 0 Å². The molecule has 0 fully saturated rings. The number of aromatic nitrogens is 2. The van der Waals surface area contributed by atoms with Gasteiger partial charge in [0.25, 0.3) is 5.91 Å². The number of carbonyl (C=O) groups is 1. The van der Waals surface area contributed by atoms with Crippen molar-refractivity contribution in [1.82, 2.24) is 10.3 Å². The number of nitrogen functional groups attached to an aromatic ring is 1. The largest absolute Gasteiger partial charge is 0.379 e. The molecule has 6 heteroatoms. The Kier molecular flexibility index (Phi) is 3.27. The van der Waals surface area contributed by atoms with Crippen LogP contribution in [0.1, 0.15) is 28.5 Å². The minimum atomic E-state index is -0.433. The molecule has 1 aromatic carbocycles. The Morgan fingerprint density at radius 1 is 1.44 bits per heavy atom. The van der Waals surface area contributed by atoms with E-state index in [9.17, 15) is 4.79 Å². The van der Waals surface area contributed by atoms with Gasteiger partial charge in [-0.15, -0.1) is 0 Å². The molecular weight excluding hydrogens is 232 g/mol. The normalized spacial score (nSPS) is 10.3. The molecular formula is C12H14N4O2. The van der Waals surface area contributed by atoms with E-state index in [0.717, 1.165) is 12.0 Å². The van der Waals surface area contributed by atoms with Crippen molar-refractivity contribution < 1.29 is 9.42 Å². The van der Waals surface area contributed by atoms with Crippen molar-refractivity contribution in [3.63, 3.8) is 0 Å². The van der Waals surface area contributed by atoms with Crippen LogP contribution in [0.3, 0.4) is 0 Å². The molecule has 0 unspecified atom stereocenters. The second kappa shape index (κ2) is 4.87. The molecule has 2 aromatic rings. The second-order valence-corrected chi connectivity index (χ2v) is 3.95. The van der Waals surface area contributed by atoms with Crippen LogP contribution in [0, 0.1) is 6.92 Å². The average Bonchev–Trinajstić information content (AvgIpc) is 2.76. The molecule has 18 heavy (non-hydrogen) atoms. The van der Waals surface area contributed by atoms with Gasteiger partial charge in [0.15, 0.2) is 0 Å². The first-order valence-electron chi connectivity index (χ1n) is 5.60. The zero-order valence-electron chi connectivity index (χ0n) is 10.2. The Hall–Kier alpha value is -2.37. The van der Waals surface area contributed by atoms with E-state index in [0.29, 0.717) is 5.69 Å². The minimum absolute atomic E-state index is 0.00720. The predicted molar refractivity (Wildman–Crippen MR) is 67.2 cm³/mol. The van der Waals surface area contributed by atoms with Crippen LogP contribution >= 0.6 is 0 Å². The van der Waals surface area contributed by atoms with Crippen molar-refractivity contribution in [2.75, 3.05) is 11.1 Å². The molecule has 0 bridgehead atoms. The molecule has 0 aliphatic heterocycles. The number of carbonyl (C=O) groups excluding carboxylic acids is 1. The highest BCUT2D eigenvalue weighted by molar-refractivity contribution is 6.05. The van der Waals surface area contributed by atoms with Crippen molar-refractivity contribution in [1.29, 1.82) is 0 Å². The first-order chi connectivity index (χ1) is 8.61. The fraction of sp³-hybridized carbons (Fsp3) is 0.250. The number of nitrogens with one attached hydrogen (secondary N) is 1. The third-order valence-corrected chi connectivity index (χ3v) is 2.71. The van der Waals surface area contributed by atoms with Crippen LogP contribution < -0.4 is 11.1 Å². The lowest BCUT2D eigenvalue weighted by Gasteiger charge is -2.07. The molecule has 1 aromatic heterocycles. The minimum Gasteiger partial charge on any atom is -0.379 e. The number of rotatable bonds is 3. The van der Waals surface area contributed by atoms with Gasteiger partial charge in [-0.1, -0.05) is 13.0 Å². The van der Waals surface area contributed by atoms with Crippen molar-refractivity contribution in [2.45, 2.75) is 20.3 Å². The fourth-order valence-electron chi connectivity index (χ4n) is 1.71. The molecule has 6 nitrogen and oxygen atoms in total. The maximum absolute atomic E-state index is 11.8. The zero-order chi connectivity index (χ0) is 13.1. The topological polar surface area (TPSA) is 94.0 Å². The van der Waals surface area contributed by atoms with Crippen LogP contribution in [-0.2, 0) is 6.42 Å². The van der Waals surface area contributed by atoms with Crippen molar-refractivity contribution >= 4 is 17.4 Å². The molecule has 2 rings (SSSR count). The van der Waals surface area contributed by atoms with Gasteiger partial charge in [-0.2, -0.15) is 0 Å². The van der Waals surface area contributed by atoms with Crippen LogP contribution in [-0.4, -0.2) is 16.2 Å². The van der Waals surface area contributed by atoms with Crippen LogP contribution in [0.2, 0.25) is 0 Å². The van der Waals surface area contributed by atoms with E-state index in [1.807, 2.05) is 25.1 Å². The van der Waals surface area contributed by atoms with Crippen molar-refractivity contribution in [2.24, 2.45) is 0 Å². The molecule has 94 valence electrons. The van der Waals surface area contributed by atoms with Gasteiger partial charge in [0, 0.05) is 5.69 Å². The lowest BCUT2D eigenvalue weighted by Crippen LogP contribution is -2.14. The van der Waals surface area contributed by atoms with E-state index in [4.69, 9.17) is 5.73 Å². The monoisotopic (exact) mass is 246 g/mol. The Labute approximate surface area is 104 Å². The third-order valence-electron chi connectivity index (χ3n) is 2.71. The highest BCUT2D eigenvalue weighted by Gasteiger charge is 2.16. The Bertz CT molecular complexity index is 577. The van der Waals surface area contributed by atoms with E-state index in [-0.39, 0.29) is 11.5 Å². The van der Waals surface area contributed by atoms with Crippen LogP contribution in [0.15, 0.2) is 22.8 Å². The molecule has 1 heterocycles. The zero-order valence-corrected chi connectivity index (χ0v) is 10.2. The van der Waals surface area contributed by atoms with Gasteiger partial charge in [-0.3, -0.25) is 4.79 Å². The molecule has 0 saturated carbocycles. The number of aryl methyl sites for hydroxylation is 2. The average molecular weight is 246 g/mol. The van der Waals surface area contributed by atoms with E-state index < -0.39 is 5.91 Å². The summed E-state index contributed by atoms with van der Waals surface area (Å²) in [7, 11) is 0. The van der Waals surface area contributed by atoms with E-state index in [1.54, 1.807) is 0 Å². The fourth-order valence-corrected chi connectivity index (χ4v) is 1.71. The standard InChI is InChI=1S/C12H14N4O2/c1-3-8-4-5-9(6-7(8)2)14-12(17)10-11(13)16-18-15-10/h4-6H,3H2,1-2H3,(H2,13,16)(H,14,17). The first kappa shape index (κ1) is 12.1. The summed E-state index contributed by atoms with van der Waals surface area (Å²) in [5.41, 5.74) is 8.50. The van der Waals surface area contributed by atoms with Gasteiger partial charge in [0.2, 0.25) is 11.5 Å². The third kappa shape index (κ3) is 2.32. The van der Waals surface area contributed by atoms with Gasteiger partial charge in [0.05, 0.1) is 0 Å². The number of nitrogens with two attached hydrogens (primary N) is 1. The summed E-state index contributed by atoms with van der Waals surface area (Å²) in [6.07, 6.45) is 0.959. The number of hydrogen-bond donors (Lipinski definition) is 2. The van der Waals surface area contributed by atoms with Gasteiger partial charge in [0.1, 0.15) is 0 Å². The molecule has 0 saturated heterocycles. The summed E-state index contributed by atoms with van der Waals surface area (Å²) in [5.74, 6) is -0.452. The highest BCUT2D eigenvalue weighted by Crippen LogP contribution is 2.17. The Morgan fingerprint density at radius 3 is 2.78 bits per heavy atom. The number of nitrogens with zero attached hydrogens (tertiary/aromatic N) is 2. The quantitative estimate of drug-likeness (QED) is 0.860. The number of amides is 1. The maximum Gasteiger partial charge on any atom is 0.281 e. The summed E-state index contributed by atoms with van der Waals surface area (Å²) in [5, 5.41) is 9.50. The van der Waals surface area contributed by atoms with E-state index in [1.165, 1.54) is 5.56 Å². The molecule has 1 amide bonds. The van der Waals surface area contributed by atoms with Crippen molar-refractivity contribution in [3.05, 3.63) is 35.0 Å². The number of hydrogen-bond acceptors (Lipinski definition) is 5. The highest BCUT2D eigenvalue weighted by atomic mass is 16.6. The summed E-state index contributed by atoms with van der Waals surface area (Å²) < 4.78 is 4.38. The van der Waals surface area contributed by atoms with Crippen LogP contribution in [0.4, 0.5) is 11.5 Å². The number of anilines is 2. The van der Waals surface area contributed by atoms with Gasteiger partial charge in [-0.05, 0) is 46.9 Å². The van der Waals surface area contributed by atoms with Gasteiger partial charge in [-0.25, -0.2) is 4.63 Å². The maximum atomic E-state index is 11.8. The smallest absolute Gasteiger partial charge is 0.281 e. The lowest BCUT2D eigenvalue weighted by atomic mass is 10.1. The molecule has 0 atom stereocenters. The lowest BCUT2D eigenvalue weighted by molar-refractivity contribution is 0.101.